The van der Waals surface area contributed by atoms with Crippen LogP contribution in [0.15, 0.2) is 4.42 Å². The Morgan fingerprint density at radius 2 is 2.10 bits per heavy atom. The predicted octanol–water partition coefficient (Wildman–Crippen LogP) is 0.584. The highest BCUT2D eigenvalue weighted by Crippen LogP contribution is 2.39. The van der Waals surface area contributed by atoms with Gasteiger partial charge >= 0.3 is 12.0 Å². The molecule has 1 amide bonds. The number of carbonyl (C=O) groups excluding carboxylic acids is 1. The Balaban J connectivity index is 1.80. The minimum absolute atomic E-state index is 0.0510. The van der Waals surface area contributed by atoms with E-state index in [1.807, 2.05) is 0 Å². The first-order valence-corrected chi connectivity index (χ1v) is 6.56. The summed E-state index contributed by atoms with van der Waals surface area (Å²) in [6.45, 7) is 3.41. The molecule has 0 radical (unpaired) electrons. The fourth-order valence-corrected chi connectivity index (χ4v) is 1.75. The maximum Gasteiger partial charge on any atom is 0.322 e. The lowest BCUT2D eigenvalue weighted by Gasteiger charge is -2.17. The van der Waals surface area contributed by atoms with Crippen molar-refractivity contribution >= 4 is 17.9 Å². The molecule has 0 bridgehead atoms. The van der Waals surface area contributed by atoms with Crippen LogP contribution in [0.3, 0.4) is 0 Å². The van der Waals surface area contributed by atoms with Gasteiger partial charge in [0.1, 0.15) is 6.04 Å². The van der Waals surface area contributed by atoms with E-state index < -0.39 is 17.9 Å². The summed E-state index contributed by atoms with van der Waals surface area (Å²) in [6, 6.07) is -0.722. The smallest absolute Gasteiger partial charge is 0.322 e. The first kappa shape index (κ1) is 14.4. The summed E-state index contributed by atoms with van der Waals surface area (Å²) in [5.41, 5.74) is 0. The molecule has 20 heavy (non-hydrogen) atoms. The third kappa shape index (κ3) is 3.77. The highest BCUT2D eigenvalue weighted by molar-refractivity contribution is 5.90. The Morgan fingerprint density at radius 1 is 1.40 bits per heavy atom. The second kappa shape index (κ2) is 6.00. The van der Waals surface area contributed by atoms with E-state index in [0.29, 0.717) is 11.8 Å². The van der Waals surface area contributed by atoms with Gasteiger partial charge < -0.3 is 9.52 Å². The molecule has 3 N–H and O–H groups in total. The number of nitrogens with one attached hydrogen (secondary N) is 2. The summed E-state index contributed by atoms with van der Waals surface area (Å²) >= 11 is 0. The second-order valence-corrected chi connectivity index (χ2v) is 5.21. The highest BCUT2D eigenvalue weighted by Gasteiger charge is 2.29. The third-order valence-corrected chi connectivity index (χ3v) is 3.03. The molecular formula is C12H18N4O4. The summed E-state index contributed by atoms with van der Waals surface area (Å²) in [5, 5.41) is 21.7. The number of carboxylic acids is 1. The van der Waals surface area contributed by atoms with Crippen LogP contribution in [0.5, 0.6) is 0 Å². The topological polar surface area (TPSA) is 117 Å². The first-order chi connectivity index (χ1) is 9.47. The molecule has 1 aromatic heterocycles. The molecule has 1 aliphatic rings. The highest BCUT2D eigenvalue weighted by atomic mass is 16.4. The third-order valence-electron chi connectivity index (χ3n) is 3.03. The summed E-state index contributed by atoms with van der Waals surface area (Å²) in [5.74, 6) is -0.655. The quantitative estimate of drug-likeness (QED) is 0.669. The van der Waals surface area contributed by atoms with Gasteiger partial charge in [0.25, 0.3) is 0 Å². The van der Waals surface area contributed by atoms with Gasteiger partial charge in [0.05, 0.1) is 6.54 Å². The van der Waals surface area contributed by atoms with Crippen molar-refractivity contribution in [2.75, 3.05) is 11.9 Å². The molecule has 8 heteroatoms. The molecule has 0 saturated heterocycles. The lowest BCUT2D eigenvalue weighted by atomic mass is 10.1. The standard InChI is InChI=1S/C12H18N4O4/c1-6(2)9(11(18)19)13-5-8(17)14-12-16-15-10(20-12)7-3-4-7/h6-7,9,13H,3-5H2,1-2H3,(H,18,19)(H,14,16,17). The molecule has 1 fully saturated rings. The number of aliphatic carboxylic acids is 1. The van der Waals surface area contributed by atoms with Gasteiger partial charge in [-0.1, -0.05) is 18.9 Å². The number of anilines is 1. The number of rotatable bonds is 7. The molecule has 2 rings (SSSR count). The van der Waals surface area contributed by atoms with Gasteiger partial charge in [0.2, 0.25) is 11.8 Å². The number of carboxylic acid groups (broad SMARTS) is 1. The van der Waals surface area contributed by atoms with Crippen LogP contribution in [0.25, 0.3) is 0 Å². The summed E-state index contributed by atoms with van der Waals surface area (Å²) < 4.78 is 5.28. The van der Waals surface area contributed by atoms with E-state index >= 15 is 0 Å². The largest absolute Gasteiger partial charge is 0.480 e. The normalized spacial score (nSPS) is 16.1. The Hall–Kier alpha value is -1.96. The van der Waals surface area contributed by atoms with Crippen LogP contribution in [0.1, 0.15) is 38.5 Å². The lowest BCUT2D eigenvalue weighted by Crippen LogP contribution is -2.44. The van der Waals surface area contributed by atoms with Crippen LogP contribution >= 0.6 is 0 Å². The van der Waals surface area contributed by atoms with Crippen molar-refractivity contribution in [2.45, 2.75) is 38.6 Å². The number of nitrogens with zero attached hydrogens (tertiary/aromatic N) is 2. The zero-order valence-electron chi connectivity index (χ0n) is 11.4. The Kier molecular flexibility index (Phi) is 4.33. The molecule has 1 saturated carbocycles. The molecule has 0 aromatic carbocycles. The fourth-order valence-electron chi connectivity index (χ4n) is 1.75. The summed E-state index contributed by atoms with van der Waals surface area (Å²) in [6.07, 6.45) is 2.07. The van der Waals surface area contributed by atoms with Crippen LogP contribution < -0.4 is 10.6 Å². The molecule has 0 spiro atoms. The lowest BCUT2D eigenvalue weighted by molar-refractivity contribution is -0.140. The second-order valence-electron chi connectivity index (χ2n) is 5.21. The summed E-state index contributed by atoms with van der Waals surface area (Å²) in [4.78, 5) is 22.6. The van der Waals surface area contributed by atoms with Crippen molar-refractivity contribution in [1.29, 1.82) is 0 Å². The van der Waals surface area contributed by atoms with Gasteiger partial charge in [0, 0.05) is 5.92 Å². The zero-order valence-corrected chi connectivity index (χ0v) is 11.4. The van der Waals surface area contributed by atoms with Gasteiger partial charge in [0.15, 0.2) is 0 Å². The molecule has 1 aromatic rings. The molecule has 0 aliphatic heterocycles. The Bertz CT molecular complexity index is 495. The van der Waals surface area contributed by atoms with E-state index in [2.05, 4.69) is 20.8 Å². The number of hydrogen-bond acceptors (Lipinski definition) is 6. The zero-order chi connectivity index (χ0) is 14.7. The van der Waals surface area contributed by atoms with Crippen LogP contribution in [0, 0.1) is 5.92 Å². The van der Waals surface area contributed by atoms with E-state index in [9.17, 15) is 9.59 Å². The number of carbonyl (C=O) groups is 2. The van der Waals surface area contributed by atoms with Gasteiger partial charge in [-0.15, -0.1) is 5.10 Å². The average molecular weight is 282 g/mol. The van der Waals surface area contributed by atoms with Gasteiger partial charge in [-0.3, -0.25) is 20.2 Å². The van der Waals surface area contributed by atoms with E-state index in [-0.39, 0.29) is 18.5 Å². The Morgan fingerprint density at radius 3 is 2.65 bits per heavy atom. The van der Waals surface area contributed by atoms with Crippen LogP contribution in [-0.4, -0.2) is 39.8 Å². The average Bonchev–Trinajstić information content (AvgIpc) is 3.10. The molecule has 1 atom stereocenters. The minimum Gasteiger partial charge on any atom is -0.480 e. The maximum absolute atomic E-state index is 11.7. The summed E-state index contributed by atoms with van der Waals surface area (Å²) in [7, 11) is 0. The molecule has 8 nitrogen and oxygen atoms in total. The van der Waals surface area contributed by atoms with Gasteiger partial charge in [-0.2, -0.15) is 0 Å². The van der Waals surface area contributed by atoms with Crippen molar-refractivity contribution in [1.82, 2.24) is 15.5 Å². The minimum atomic E-state index is -0.985. The van der Waals surface area contributed by atoms with E-state index in [4.69, 9.17) is 9.52 Å². The van der Waals surface area contributed by atoms with Crippen molar-refractivity contribution in [3.05, 3.63) is 5.89 Å². The number of amides is 1. The van der Waals surface area contributed by atoms with Crippen molar-refractivity contribution in [2.24, 2.45) is 5.92 Å². The molecule has 110 valence electrons. The van der Waals surface area contributed by atoms with Crippen molar-refractivity contribution in [3.63, 3.8) is 0 Å². The van der Waals surface area contributed by atoms with Crippen molar-refractivity contribution < 1.29 is 19.1 Å². The molecule has 1 unspecified atom stereocenters. The van der Waals surface area contributed by atoms with Crippen LogP contribution in [0.4, 0.5) is 6.01 Å². The number of hydrogen-bond donors (Lipinski definition) is 3. The van der Waals surface area contributed by atoms with Crippen LogP contribution in [0.2, 0.25) is 0 Å². The molecule has 1 heterocycles. The first-order valence-electron chi connectivity index (χ1n) is 6.56. The van der Waals surface area contributed by atoms with E-state index in [1.54, 1.807) is 13.8 Å². The molecule has 1 aliphatic carbocycles. The van der Waals surface area contributed by atoms with Crippen LogP contribution in [-0.2, 0) is 9.59 Å². The Labute approximate surface area is 115 Å². The van der Waals surface area contributed by atoms with Gasteiger partial charge in [-0.05, 0) is 18.8 Å². The van der Waals surface area contributed by atoms with E-state index in [0.717, 1.165) is 12.8 Å². The SMILES string of the molecule is CC(C)C(NCC(=O)Nc1nnc(C2CC2)o1)C(=O)O. The fraction of sp³-hybridized carbons (Fsp3) is 0.667. The molecular weight excluding hydrogens is 264 g/mol. The van der Waals surface area contributed by atoms with Gasteiger partial charge in [-0.25, -0.2) is 0 Å². The van der Waals surface area contributed by atoms with Crippen molar-refractivity contribution in [3.8, 4) is 0 Å². The number of aromatic nitrogens is 2. The monoisotopic (exact) mass is 282 g/mol. The van der Waals surface area contributed by atoms with E-state index in [1.165, 1.54) is 0 Å². The predicted molar refractivity (Wildman–Crippen MR) is 69.2 cm³/mol. The maximum atomic E-state index is 11.7.